The molecule has 0 spiro atoms. The minimum absolute atomic E-state index is 0.0615. The molecular formula is C10H5ClFN3. The van der Waals surface area contributed by atoms with Crippen LogP contribution in [0.25, 0.3) is 5.69 Å². The Kier molecular flexibility index (Phi) is 2.40. The minimum atomic E-state index is -0.511. The Hall–Kier alpha value is -1.86. The lowest BCUT2D eigenvalue weighted by Crippen LogP contribution is -1.94. The fourth-order valence-electron chi connectivity index (χ4n) is 1.15. The number of benzene rings is 1. The van der Waals surface area contributed by atoms with Gasteiger partial charge in [0.2, 0.25) is 0 Å². The number of nitriles is 1. The Labute approximate surface area is 90.3 Å². The van der Waals surface area contributed by atoms with Crippen LogP contribution in [0, 0.1) is 17.1 Å². The molecule has 0 amide bonds. The molecule has 3 nitrogen and oxygen atoms in total. The monoisotopic (exact) mass is 221 g/mol. The Bertz CT molecular complexity index is 542. The molecule has 1 aromatic heterocycles. The summed E-state index contributed by atoms with van der Waals surface area (Å²) in [6.45, 7) is 0. The lowest BCUT2D eigenvalue weighted by molar-refractivity contribution is 0.626. The fraction of sp³-hybridized carbons (Fsp3) is 0. The normalized spacial score (nSPS) is 9.93. The van der Waals surface area contributed by atoms with Gasteiger partial charge in [0.25, 0.3) is 0 Å². The van der Waals surface area contributed by atoms with Gasteiger partial charge in [0, 0.05) is 12.3 Å². The van der Waals surface area contributed by atoms with E-state index in [0.29, 0.717) is 11.3 Å². The molecule has 0 saturated heterocycles. The molecule has 0 bridgehead atoms. The first kappa shape index (κ1) is 9.69. The van der Waals surface area contributed by atoms with Gasteiger partial charge >= 0.3 is 0 Å². The maximum atomic E-state index is 13.1. The van der Waals surface area contributed by atoms with Gasteiger partial charge in [-0.3, -0.25) is 0 Å². The summed E-state index contributed by atoms with van der Waals surface area (Å²) < 4.78 is 14.5. The molecule has 0 aliphatic heterocycles. The van der Waals surface area contributed by atoms with E-state index in [1.807, 2.05) is 6.07 Å². The summed E-state index contributed by atoms with van der Waals surface area (Å²) in [6.07, 6.45) is 2.93. The Morgan fingerprint density at radius 3 is 2.87 bits per heavy atom. The Morgan fingerprint density at radius 1 is 1.47 bits per heavy atom. The molecule has 0 fully saturated rings. The van der Waals surface area contributed by atoms with Crippen molar-refractivity contribution >= 4 is 11.6 Å². The zero-order valence-corrected chi connectivity index (χ0v) is 8.24. The Morgan fingerprint density at radius 2 is 2.27 bits per heavy atom. The molecule has 0 saturated carbocycles. The topological polar surface area (TPSA) is 41.6 Å². The van der Waals surface area contributed by atoms with Crippen LogP contribution in [0.2, 0.25) is 5.02 Å². The molecule has 15 heavy (non-hydrogen) atoms. The van der Waals surface area contributed by atoms with E-state index >= 15 is 0 Å². The van der Waals surface area contributed by atoms with Crippen LogP contribution < -0.4 is 0 Å². The summed E-state index contributed by atoms with van der Waals surface area (Å²) in [7, 11) is 0. The lowest BCUT2D eigenvalue weighted by Gasteiger charge is -2.01. The summed E-state index contributed by atoms with van der Waals surface area (Å²) in [5.74, 6) is -0.511. The van der Waals surface area contributed by atoms with Gasteiger partial charge in [0.15, 0.2) is 0 Å². The second-order valence-electron chi connectivity index (χ2n) is 2.88. The van der Waals surface area contributed by atoms with Crippen molar-refractivity contribution in [3.8, 4) is 11.8 Å². The van der Waals surface area contributed by atoms with Crippen molar-refractivity contribution < 1.29 is 4.39 Å². The predicted octanol–water partition coefficient (Wildman–Crippen LogP) is 2.54. The first-order valence-corrected chi connectivity index (χ1v) is 4.48. The molecule has 2 aromatic rings. The van der Waals surface area contributed by atoms with Crippen molar-refractivity contribution in [3.63, 3.8) is 0 Å². The van der Waals surface area contributed by atoms with E-state index in [1.165, 1.54) is 29.2 Å². The van der Waals surface area contributed by atoms with Gasteiger partial charge < -0.3 is 0 Å². The standard InChI is InChI=1S/C10H5ClFN3/c11-9-2-1-8(3-10(9)12)15-6-7(4-13)5-14-15/h1-3,5-6H. The third-order valence-electron chi connectivity index (χ3n) is 1.88. The first-order valence-electron chi connectivity index (χ1n) is 4.11. The summed E-state index contributed by atoms with van der Waals surface area (Å²) in [4.78, 5) is 0. The highest BCUT2D eigenvalue weighted by Gasteiger charge is 2.04. The van der Waals surface area contributed by atoms with Gasteiger partial charge in [-0.2, -0.15) is 10.4 Å². The van der Waals surface area contributed by atoms with Gasteiger partial charge in [0.1, 0.15) is 11.9 Å². The van der Waals surface area contributed by atoms with Crippen molar-refractivity contribution in [2.75, 3.05) is 0 Å². The van der Waals surface area contributed by atoms with Gasteiger partial charge in [-0.25, -0.2) is 9.07 Å². The van der Waals surface area contributed by atoms with Crippen LogP contribution in [0.4, 0.5) is 4.39 Å². The van der Waals surface area contributed by atoms with Crippen molar-refractivity contribution in [3.05, 3.63) is 47.0 Å². The molecule has 5 heteroatoms. The third-order valence-corrected chi connectivity index (χ3v) is 2.19. The van der Waals surface area contributed by atoms with E-state index in [1.54, 1.807) is 6.07 Å². The SMILES string of the molecule is N#Cc1cnn(-c2ccc(Cl)c(F)c2)c1. The first-order chi connectivity index (χ1) is 7.20. The van der Waals surface area contributed by atoms with Crippen molar-refractivity contribution in [1.29, 1.82) is 5.26 Å². The highest BCUT2D eigenvalue weighted by molar-refractivity contribution is 6.30. The van der Waals surface area contributed by atoms with Crippen molar-refractivity contribution in [1.82, 2.24) is 9.78 Å². The van der Waals surface area contributed by atoms with Crippen LogP contribution in [-0.2, 0) is 0 Å². The van der Waals surface area contributed by atoms with Crippen LogP contribution in [0.5, 0.6) is 0 Å². The molecule has 0 radical (unpaired) electrons. The van der Waals surface area contributed by atoms with Crippen LogP contribution in [-0.4, -0.2) is 9.78 Å². The van der Waals surface area contributed by atoms with E-state index in [-0.39, 0.29) is 5.02 Å². The molecule has 1 aromatic carbocycles. The third kappa shape index (κ3) is 1.83. The molecule has 1 heterocycles. The summed E-state index contributed by atoms with van der Waals surface area (Å²) in [5.41, 5.74) is 0.948. The van der Waals surface area contributed by atoms with Gasteiger partial charge in [-0.15, -0.1) is 0 Å². The second kappa shape index (κ2) is 3.71. The predicted molar refractivity (Wildman–Crippen MR) is 53.2 cm³/mol. The molecular weight excluding hydrogens is 217 g/mol. The molecule has 2 rings (SSSR count). The smallest absolute Gasteiger partial charge is 0.143 e. The molecule has 0 unspecified atom stereocenters. The van der Waals surface area contributed by atoms with Gasteiger partial charge in [-0.1, -0.05) is 11.6 Å². The highest BCUT2D eigenvalue weighted by atomic mass is 35.5. The van der Waals surface area contributed by atoms with Crippen molar-refractivity contribution in [2.45, 2.75) is 0 Å². The molecule has 0 aliphatic carbocycles. The summed E-state index contributed by atoms with van der Waals surface area (Å²) >= 11 is 5.54. The Balaban J connectivity index is 2.46. The van der Waals surface area contributed by atoms with Crippen LogP contribution >= 0.6 is 11.6 Å². The van der Waals surface area contributed by atoms with Crippen LogP contribution in [0.15, 0.2) is 30.6 Å². The number of aromatic nitrogens is 2. The second-order valence-corrected chi connectivity index (χ2v) is 3.29. The van der Waals surface area contributed by atoms with Crippen molar-refractivity contribution in [2.24, 2.45) is 0 Å². The molecule has 0 atom stereocenters. The fourth-order valence-corrected chi connectivity index (χ4v) is 1.27. The minimum Gasteiger partial charge on any atom is -0.240 e. The summed E-state index contributed by atoms with van der Waals surface area (Å²) in [6, 6.07) is 6.27. The van der Waals surface area contributed by atoms with Gasteiger partial charge in [0.05, 0.1) is 22.5 Å². The molecule has 0 N–H and O–H groups in total. The van der Waals surface area contributed by atoms with E-state index in [0.717, 1.165) is 0 Å². The zero-order valence-electron chi connectivity index (χ0n) is 7.48. The largest absolute Gasteiger partial charge is 0.240 e. The quantitative estimate of drug-likeness (QED) is 0.743. The highest BCUT2D eigenvalue weighted by Crippen LogP contribution is 2.17. The van der Waals surface area contributed by atoms with E-state index in [2.05, 4.69) is 5.10 Å². The number of nitrogens with zero attached hydrogens (tertiary/aromatic N) is 3. The number of halogens is 2. The molecule has 0 aliphatic rings. The lowest BCUT2D eigenvalue weighted by atomic mass is 10.3. The maximum Gasteiger partial charge on any atom is 0.143 e. The van der Waals surface area contributed by atoms with Crippen LogP contribution in [0.1, 0.15) is 5.56 Å². The van der Waals surface area contributed by atoms with E-state index < -0.39 is 5.82 Å². The average Bonchev–Trinajstić information content (AvgIpc) is 2.70. The van der Waals surface area contributed by atoms with E-state index in [9.17, 15) is 4.39 Å². The maximum absolute atomic E-state index is 13.1. The number of hydrogen-bond acceptors (Lipinski definition) is 2. The summed E-state index contributed by atoms with van der Waals surface area (Å²) in [5, 5.41) is 12.6. The van der Waals surface area contributed by atoms with Gasteiger partial charge in [-0.05, 0) is 12.1 Å². The van der Waals surface area contributed by atoms with Crippen LogP contribution in [0.3, 0.4) is 0 Å². The average molecular weight is 222 g/mol. The zero-order chi connectivity index (χ0) is 10.8. The number of hydrogen-bond donors (Lipinski definition) is 0. The number of rotatable bonds is 1. The van der Waals surface area contributed by atoms with E-state index in [4.69, 9.17) is 16.9 Å². The molecule has 74 valence electrons.